The van der Waals surface area contributed by atoms with E-state index >= 15 is 0 Å². The summed E-state index contributed by atoms with van der Waals surface area (Å²) < 4.78 is 20.2. The van der Waals surface area contributed by atoms with E-state index in [1.54, 1.807) is 20.8 Å². The fourth-order valence-corrected chi connectivity index (χ4v) is 2.56. The number of rotatable bonds is 6. The van der Waals surface area contributed by atoms with Crippen LogP contribution < -0.4 is 5.32 Å². The third-order valence-electron chi connectivity index (χ3n) is 3.71. The molecule has 3 heterocycles. The lowest BCUT2D eigenvalue weighted by Crippen LogP contribution is -2.25. The van der Waals surface area contributed by atoms with Crippen LogP contribution in [0.2, 0.25) is 0 Å². The number of nitrogens with one attached hydrogen (secondary N) is 1. The lowest BCUT2D eigenvalue weighted by Gasteiger charge is -2.19. The van der Waals surface area contributed by atoms with Crippen LogP contribution in [0.1, 0.15) is 41.0 Å². The van der Waals surface area contributed by atoms with Crippen molar-refractivity contribution < 1.29 is 18.8 Å². The number of nitrogens with zero attached hydrogens (tertiary/aromatic N) is 5. The largest absolute Gasteiger partial charge is 0.460 e. The van der Waals surface area contributed by atoms with Crippen LogP contribution in [0.5, 0.6) is 0 Å². The van der Waals surface area contributed by atoms with Crippen molar-refractivity contribution in [2.24, 2.45) is 0 Å². The van der Waals surface area contributed by atoms with Crippen LogP contribution in [0.15, 0.2) is 30.7 Å². The van der Waals surface area contributed by atoms with E-state index in [9.17, 15) is 19.3 Å². The van der Waals surface area contributed by atoms with Gasteiger partial charge in [0, 0.05) is 12.7 Å². The molecule has 0 fully saturated rings. The minimum Gasteiger partial charge on any atom is -0.460 e. The average molecular weight is 432 g/mol. The SMILES string of the molecule is CC.CC(C)(C)OC(=O)CCNc1nc(-c2cnc3ccc(F)cn23)ncc1[N+](=O)[O-]. The molecule has 3 aromatic heterocycles. The van der Waals surface area contributed by atoms with Gasteiger partial charge in [-0.25, -0.2) is 19.3 Å². The van der Waals surface area contributed by atoms with Crippen molar-refractivity contribution in [1.82, 2.24) is 19.4 Å². The van der Waals surface area contributed by atoms with Gasteiger partial charge in [-0.1, -0.05) is 13.8 Å². The highest BCUT2D eigenvalue weighted by atomic mass is 19.1. The second kappa shape index (κ2) is 9.92. The number of fused-ring (bicyclic) bond motifs is 1. The first-order chi connectivity index (χ1) is 14.6. The van der Waals surface area contributed by atoms with Gasteiger partial charge in [0.15, 0.2) is 5.82 Å². The standard InChI is InChI=1S/C18H19FN6O4.C2H6/c1-18(2,3)29-15(26)6-7-20-17-13(25(27)28)9-22-16(23-17)12-8-21-14-5-4-11(19)10-24(12)14;1-2/h4-5,8-10H,6-7H2,1-3H3,(H,20,22,23);1-2H3. The summed E-state index contributed by atoms with van der Waals surface area (Å²) in [7, 11) is 0. The average Bonchev–Trinajstić information content (AvgIpc) is 3.11. The maximum atomic E-state index is 13.6. The van der Waals surface area contributed by atoms with Crippen molar-refractivity contribution in [1.29, 1.82) is 0 Å². The molecule has 3 rings (SSSR count). The Labute approximate surface area is 178 Å². The Balaban J connectivity index is 0.00000166. The van der Waals surface area contributed by atoms with E-state index in [1.807, 2.05) is 13.8 Å². The molecule has 166 valence electrons. The molecular formula is C20H25FN6O4. The van der Waals surface area contributed by atoms with Crippen LogP contribution >= 0.6 is 0 Å². The number of aromatic nitrogens is 4. The first-order valence-electron chi connectivity index (χ1n) is 9.74. The van der Waals surface area contributed by atoms with Gasteiger partial charge in [-0.3, -0.25) is 19.3 Å². The molecule has 0 bridgehead atoms. The van der Waals surface area contributed by atoms with E-state index in [-0.39, 0.29) is 30.3 Å². The van der Waals surface area contributed by atoms with Gasteiger partial charge >= 0.3 is 11.7 Å². The van der Waals surface area contributed by atoms with Crippen molar-refractivity contribution in [3.8, 4) is 11.5 Å². The molecule has 0 aliphatic carbocycles. The number of imidazole rings is 1. The third kappa shape index (κ3) is 6.17. The van der Waals surface area contributed by atoms with Gasteiger partial charge < -0.3 is 10.1 Å². The molecule has 0 atom stereocenters. The van der Waals surface area contributed by atoms with Gasteiger partial charge in [-0.15, -0.1) is 0 Å². The summed E-state index contributed by atoms with van der Waals surface area (Å²) in [6, 6.07) is 2.76. The molecule has 0 saturated carbocycles. The third-order valence-corrected chi connectivity index (χ3v) is 3.71. The predicted octanol–water partition coefficient (Wildman–Crippen LogP) is 4.01. The van der Waals surface area contributed by atoms with E-state index in [0.717, 1.165) is 6.20 Å². The van der Waals surface area contributed by atoms with Crippen LogP contribution in [0.25, 0.3) is 17.2 Å². The first kappa shape index (κ1) is 23.6. The molecule has 0 aliphatic rings. The van der Waals surface area contributed by atoms with Crippen LogP contribution in [0, 0.1) is 15.9 Å². The minimum absolute atomic E-state index is 0.00537. The first-order valence-corrected chi connectivity index (χ1v) is 9.74. The Morgan fingerprint density at radius 1 is 1.26 bits per heavy atom. The zero-order valence-corrected chi connectivity index (χ0v) is 18.0. The predicted molar refractivity (Wildman–Crippen MR) is 113 cm³/mol. The quantitative estimate of drug-likeness (QED) is 0.352. The number of nitro groups is 1. The van der Waals surface area contributed by atoms with Crippen molar-refractivity contribution in [3.63, 3.8) is 0 Å². The molecule has 10 nitrogen and oxygen atoms in total. The maximum absolute atomic E-state index is 13.6. The summed E-state index contributed by atoms with van der Waals surface area (Å²) in [6.07, 6.45) is 3.71. The van der Waals surface area contributed by atoms with Crippen molar-refractivity contribution in [3.05, 3.63) is 46.7 Å². The van der Waals surface area contributed by atoms with Crippen LogP contribution in [0.4, 0.5) is 15.9 Å². The molecule has 0 radical (unpaired) electrons. The van der Waals surface area contributed by atoms with Gasteiger partial charge in [0.05, 0.1) is 17.5 Å². The highest BCUT2D eigenvalue weighted by molar-refractivity contribution is 5.71. The lowest BCUT2D eigenvalue weighted by atomic mass is 10.2. The number of hydrogen-bond donors (Lipinski definition) is 1. The van der Waals surface area contributed by atoms with Crippen molar-refractivity contribution >= 4 is 23.1 Å². The number of carbonyl (C=O) groups excluding carboxylic acids is 1. The smallest absolute Gasteiger partial charge is 0.329 e. The van der Waals surface area contributed by atoms with Gasteiger partial charge in [0.2, 0.25) is 5.82 Å². The summed E-state index contributed by atoms with van der Waals surface area (Å²) in [5, 5.41) is 14.1. The van der Waals surface area contributed by atoms with Gasteiger partial charge in [-0.2, -0.15) is 0 Å². The summed E-state index contributed by atoms with van der Waals surface area (Å²) in [6.45, 7) is 9.32. The highest BCUT2D eigenvalue weighted by Gasteiger charge is 2.21. The lowest BCUT2D eigenvalue weighted by molar-refractivity contribution is -0.384. The monoisotopic (exact) mass is 432 g/mol. The Hall–Kier alpha value is -3.63. The normalized spacial score (nSPS) is 10.9. The fraction of sp³-hybridized carbons (Fsp3) is 0.400. The van der Waals surface area contributed by atoms with E-state index in [2.05, 4.69) is 20.3 Å². The Kier molecular flexibility index (Phi) is 7.56. The zero-order chi connectivity index (χ0) is 23.2. The summed E-state index contributed by atoms with van der Waals surface area (Å²) in [5.74, 6) is -0.864. The second-order valence-electron chi connectivity index (χ2n) is 7.17. The molecule has 0 amide bonds. The molecule has 0 unspecified atom stereocenters. The van der Waals surface area contributed by atoms with Gasteiger partial charge in [0.1, 0.15) is 29.0 Å². The molecule has 31 heavy (non-hydrogen) atoms. The van der Waals surface area contributed by atoms with E-state index in [0.29, 0.717) is 11.3 Å². The molecule has 3 aromatic rings. The number of halogens is 1. The second-order valence-corrected chi connectivity index (χ2v) is 7.17. The molecule has 0 aliphatic heterocycles. The number of carbonyl (C=O) groups is 1. The van der Waals surface area contributed by atoms with E-state index < -0.39 is 22.3 Å². The van der Waals surface area contributed by atoms with Gasteiger partial charge in [0.25, 0.3) is 0 Å². The van der Waals surface area contributed by atoms with Crippen LogP contribution in [0.3, 0.4) is 0 Å². The maximum Gasteiger partial charge on any atom is 0.329 e. The number of ether oxygens (including phenoxy) is 1. The number of anilines is 1. The minimum atomic E-state index is -0.631. The topological polar surface area (TPSA) is 125 Å². The molecule has 0 spiro atoms. The summed E-state index contributed by atoms with van der Waals surface area (Å²) >= 11 is 0. The summed E-state index contributed by atoms with van der Waals surface area (Å²) in [5.41, 5.74) is -0.130. The van der Waals surface area contributed by atoms with Crippen molar-refractivity contribution in [2.45, 2.75) is 46.6 Å². The van der Waals surface area contributed by atoms with Crippen molar-refractivity contribution in [2.75, 3.05) is 11.9 Å². The molecule has 0 saturated heterocycles. The van der Waals surface area contributed by atoms with Crippen LogP contribution in [-0.2, 0) is 9.53 Å². The Bertz CT molecular complexity index is 1080. The zero-order valence-electron chi connectivity index (χ0n) is 18.0. The Morgan fingerprint density at radius 3 is 2.61 bits per heavy atom. The number of pyridine rings is 1. The van der Waals surface area contributed by atoms with E-state index in [4.69, 9.17) is 4.74 Å². The number of hydrogen-bond acceptors (Lipinski definition) is 8. The highest BCUT2D eigenvalue weighted by Crippen LogP contribution is 2.25. The molecule has 0 aromatic carbocycles. The Morgan fingerprint density at radius 2 is 1.97 bits per heavy atom. The van der Waals surface area contributed by atoms with E-state index in [1.165, 1.54) is 28.9 Å². The summed E-state index contributed by atoms with van der Waals surface area (Å²) in [4.78, 5) is 34.8. The fourth-order valence-electron chi connectivity index (χ4n) is 2.56. The number of esters is 1. The molecular weight excluding hydrogens is 407 g/mol. The molecule has 1 N–H and O–H groups in total. The molecule has 11 heteroatoms. The van der Waals surface area contributed by atoms with Gasteiger partial charge in [-0.05, 0) is 32.9 Å². The van der Waals surface area contributed by atoms with Crippen LogP contribution in [-0.4, -0.2) is 42.4 Å².